The van der Waals surface area contributed by atoms with Gasteiger partial charge in [-0.3, -0.25) is 4.90 Å². The Hall–Kier alpha value is -0.670. The SMILES string of the molecule is C[N+]1=C(C2C=C3C(CC2)N2CCOC2(C)C3(C)C)CCCC1. The second kappa shape index (κ2) is 4.91. The highest BCUT2D eigenvalue weighted by Crippen LogP contribution is 2.57. The van der Waals surface area contributed by atoms with Gasteiger partial charge < -0.3 is 4.74 Å². The number of rotatable bonds is 1. The third-order valence-electron chi connectivity index (χ3n) is 7.11. The Morgan fingerprint density at radius 2 is 2.05 bits per heavy atom. The van der Waals surface area contributed by atoms with Gasteiger partial charge in [-0.05, 0) is 31.8 Å². The molecular formula is C19H31N2O+. The average molecular weight is 303 g/mol. The zero-order chi connectivity index (χ0) is 15.5. The predicted molar refractivity (Wildman–Crippen MR) is 89.3 cm³/mol. The van der Waals surface area contributed by atoms with Crippen molar-refractivity contribution >= 4 is 5.71 Å². The lowest BCUT2D eigenvalue weighted by molar-refractivity contribution is -0.505. The smallest absolute Gasteiger partial charge is 0.158 e. The van der Waals surface area contributed by atoms with E-state index in [1.54, 1.807) is 11.3 Å². The first kappa shape index (κ1) is 14.9. The fourth-order valence-electron chi connectivity index (χ4n) is 5.47. The van der Waals surface area contributed by atoms with Crippen molar-refractivity contribution in [3.05, 3.63) is 11.6 Å². The monoisotopic (exact) mass is 303 g/mol. The number of nitrogens with zero attached hydrogens (tertiary/aromatic N) is 2. The average Bonchev–Trinajstić information content (AvgIpc) is 2.96. The van der Waals surface area contributed by atoms with Gasteiger partial charge in [0.15, 0.2) is 5.71 Å². The quantitative estimate of drug-likeness (QED) is 0.546. The first-order chi connectivity index (χ1) is 10.4. The lowest BCUT2D eigenvalue weighted by atomic mass is 9.72. The predicted octanol–water partition coefficient (Wildman–Crippen LogP) is 3.05. The molecular weight excluding hydrogens is 272 g/mol. The lowest BCUT2D eigenvalue weighted by Crippen LogP contribution is -2.47. The minimum atomic E-state index is -0.0957. The van der Waals surface area contributed by atoms with E-state index >= 15 is 0 Å². The molecule has 2 fully saturated rings. The molecule has 0 amide bonds. The summed E-state index contributed by atoms with van der Waals surface area (Å²) in [6, 6.07) is 0.619. The van der Waals surface area contributed by atoms with Crippen LogP contribution in [0.15, 0.2) is 11.6 Å². The number of ether oxygens (including phenoxy) is 1. The van der Waals surface area contributed by atoms with E-state index in [0.29, 0.717) is 12.0 Å². The van der Waals surface area contributed by atoms with Crippen LogP contribution in [0.2, 0.25) is 0 Å². The second-order valence-corrected chi connectivity index (χ2v) is 8.34. The van der Waals surface area contributed by atoms with Gasteiger partial charge in [0.25, 0.3) is 0 Å². The van der Waals surface area contributed by atoms with Crippen molar-refractivity contribution in [3.8, 4) is 0 Å². The van der Waals surface area contributed by atoms with Crippen molar-refractivity contribution in [1.82, 2.24) is 4.90 Å². The third kappa shape index (κ3) is 1.85. The lowest BCUT2D eigenvalue weighted by Gasteiger charge is -2.38. The van der Waals surface area contributed by atoms with Crippen LogP contribution in [0.3, 0.4) is 0 Å². The highest BCUT2D eigenvalue weighted by atomic mass is 16.5. The summed E-state index contributed by atoms with van der Waals surface area (Å²) in [4.78, 5) is 2.64. The molecule has 0 N–H and O–H groups in total. The zero-order valence-electron chi connectivity index (χ0n) is 14.7. The van der Waals surface area contributed by atoms with E-state index in [-0.39, 0.29) is 11.1 Å². The normalized spacial score (nSPS) is 41.4. The molecule has 3 heterocycles. The fourth-order valence-corrected chi connectivity index (χ4v) is 5.47. The third-order valence-corrected chi connectivity index (χ3v) is 7.11. The van der Waals surface area contributed by atoms with Crippen LogP contribution >= 0.6 is 0 Å². The summed E-state index contributed by atoms with van der Waals surface area (Å²) in [6.07, 6.45) is 9.29. The Morgan fingerprint density at radius 1 is 1.23 bits per heavy atom. The second-order valence-electron chi connectivity index (χ2n) is 8.34. The summed E-state index contributed by atoms with van der Waals surface area (Å²) in [5, 5.41) is 0. The summed E-state index contributed by atoms with van der Waals surface area (Å²) in [5.74, 6) is 0.666. The molecule has 0 aromatic heterocycles. The van der Waals surface area contributed by atoms with Crippen molar-refractivity contribution < 1.29 is 9.31 Å². The highest BCUT2D eigenvalue weighted by Gasteiger charge is 2.62. The van der Waals surface area contributed by atoms with E-state index < -0.39 is 0 Å². The Bertz CT molecular complexity index is 548. The topological polar surface area (TPSA) is 15.5 Å². The summed E-state index contributed by atoms with van der Waals surface area (Å²) in [5.41, 5.74) is 3.37. The Labute approximate surface area is 135 Å². The summed E-state index contributed by atoms with van der Waals surface area (Å²) in [7, 11) is 2.29. The molecule has 3 nitrogen and oxygen atoms in total. The van der Waals surface area contributed by atoms with E-state index in [1.807, 2.05) is 0 Å². The van der Waals surface area contributed by atoms with E-state index in [4.69, 9.17) is 4.74 Å². The van der Waals surface area contributed by atoms with Crippen LogP contribution in [0.5, 0.6) is 0 Å². The Kier molecular flexibility index (Phi) is 3.32. The van der Waals surface area contributed by atoms with E-state index in [0.717, 1.165) is 13.2 Å². The molecule has 2 saturated heterocycles. The van der Waals surface area contributed by atoms with E-state index in [9.17, 15) is 0 Å². The van der Waals surface area contributed by atoms with Crippen LogP contribution in [0, 0.1) is 11.3 Å². The van der Waals surface area contributed by atoms with Gasteiger partial charge in [-0.15, -0.1) is 0 Å². The zero-order valence-corrected chi connectivity index (χ0v) is 14.7. The van der Waals surface area contributed by atoms with Crippen molar-refractivity contribution in [3.63, 3.8) is 0 Å². The number of fused-ring (bicyclic) bond motifs is 3. The molecule has 0 saturated carbocycles. The maximum absolute atomic E-state index is 6.24. The van der Waals surface area contributed by atoms with Crippen molar-refractivity contribution in [1.29, 1.82) is 0 Å². The molecule has 3 atom stereocenters. The molecule has 0 aromatic carbocycles. The van der Waals surface area contributed by atoms with Gasteiger partial charge in [-0.1, -0.05) is 19.9 Å². The number of allylic oxidation sites excluding steroid dienone is 1. The van der Waals surface area contributed by atoms with Crippen LogP contribution in [0.1, 0.15) is 52.9 Å². The molecule has 1 aliphatic carbocycles. The van der Waals surface area contributed by atoms with Crippen LogP contribution in [0.25, 0.3) is 0 Å². The summed E-state index contributed by atoms with van der Waals surface area (Å²) >= 11 is 0. The summed E-state index contributed by atoms with van der Waals surface area (Å²) in [6.45, 7) is 10.3. The van der Waals surface area contributed by atoms with Gasteiger partial charge in [-0.2, -0.15) is 0 Å². The molecule has 4 aliphatic rings. The molecule has 3 aliphatic heterocycles. The van der Waals surface area contributed by atoms with Crippen LogP contribution in [0.4, 0.5) is 0 Å². The van der Waals surface area contributed by atoms with Crippen LogP contribution < -0.4 is 0 Å². The van der Waals surface area contributed by atoms with Gasteiger partial charge in [0, 0.05) is 30.8 Å². The molecule has 0 spiro atoms. The molecule has 3 unspecified atom stereocenters. The number of hydrogen-bond acceptors (Lipinski definition) is 2. The van der Waals surface area contributed by atoms with E-state index in [1.165, 1.54) is 38.6 Å². The highest BCUT2D eigenvalue weighted by molar-refractivity contribution is 5.84. The van der Waals surface area contributed by atoms with Gasteiger partial charge >= 0.3 is 0 Å². The molecule has 122 valence electrons. The van der Waals surface area contributed by atoms with Gasteiger partial charge in [0.2, 0.25) is 0 Å². The van der Waals surface area contributed by atoms with Gasteiger partial charge in [-0.25, -0.2) is 4.58 Å². The maximum atomic E-state index is 6.24. The van der Waals surface area contributed by atoms with Crippen LogP contribution in [-0.4, -0.2) is 53.7 Å². The first-order valence-electron chi connectivity index (χ1n) is 9.15. The Balaban J connectivity index is 1.72. The molecule has 4 rings (SSSR count). The van der Waals surface area contributed by atoms with Crippen LogP contribution in [-0.2, 0) is 4.74 Å². The van der Waals surface area contributed by atoms with Gasteiger partial charge in [0.1, 0.15) is 19.3 Å². The van der Waals surface area contributed by atoms with E-state index in [2.05, 4.69) is 43.4 Å². The minimum absolute atomic E-state index is 0.0957. The molecule has 0 bridgehead atoms. The minimum Gasteiger partial charge on any atom is -0.358 e. The van der Waals surface area contributed by atoms with Crippen molar-refractivity contribution in [2.24, 2.45) is 11.3 Å². The molecule has 22 heavy (non-hydrogen) atoms. The maximum Gasteiger partial charge on any atom is 0.158 e. The summed E-state index contributed by atoms with van der Waals surface area (Å²) < 4.78 is 8.78. The molecule has 3 heteroatoms. The van der Waals surface area contributed by atoms with Gasteiger partial charge in [0.05, 0.1) is 12.5 Å². The first-order valence-corrected chi connectivity index (χ1v) is 9.15. The largest absolute Gasteiger partial charge is 0.358 e. The molecule has 0 aromatic rings. The fraction of sp³-hybridized carbons (Fsp3) is 0.842. The molecule has 0 radical (unpaired) electrons. The standard InChI is InChI=1S/C19H31N2O/c1-18(2)15-13-14(16-7-5-6-10-20(16)4)8-9-17(15)21-11-12-22-19(18,21)3/h13-14,17H,5-12H2,1-4H3/q+1. The van der Waals surface area contributed by atoms with Crippen molar-refractivity contribution in [2.75, 3.05) is 26.7 Å². The van der Waals surface area contributed by atoms with Crippen molar-refractivity contribution in [2.45, 2.75) is 64.6 Å². The Morgan fingerprint density at radius 3 is 2.82 bits per heavy atom. The number of hydrogen-bond donors (Lipinski definition) is 0.